The van der Waals surface area contributed by atoms with Gasteiger partial charge in [0.1, 0.15) is 5.75 Å². The van der Waals surface area contributed by atoms with Gasteiger partial charge >= 0.3 is 0 Å². The molecule has 2 rings (SSSR count). The average molecular weight is 318 g/mol. The number of nitrogens with one attached hydrogen (secondary N) is 1. The predicted octanol–water partition coefficient (Wildman–Crippen LogP) is 3.36. The minimum absolute atomic E-state index is 0.0762. The van der Waals surface area contributed by atoms with E-state index >= 15 is 0 Å². The molecule has 0 heterocycles. The third kappa shape index (κ3) is 6.22. The zero-order valence-electron chi connectivity index (χ0n) is 14.5. The Hall–Kier alpha value is -1.55. The van der Waals surface area contributed by atoms with Crippen molar-refractivity contribution in [2.45, 2.75) is 58.6 Å². The number of nitrogens with zero attached hydrogens (tertiary/aromatic N) is 1. The molecule has 0 radical (unpaired) electrons. The highest BCUT2D eigenvalue weighted by molar-refractivity contribution is 5.78. The highest BCUT2D eigenvalue weighted by atomic mass is 16.5. The maximum absolute atomic E-state index is 12.0. The molecule has 0 bridgehead atoms. The normalized spacial score (nSPS) is 15.6. The molecule has 4 heteroatoms. The van der Waals surface area contributed by atoms with E-state index < -0.39 is 0 Å². The Morgan fingerprint density at radius 2 is 1.96 bits per heavy atom. The summed E-state index contributed by atoms with van der Waals surface area (Å²) in [5.74, 6) is 1.000. The Balaban J connectivity index is 1.81. The van der Waals surface area contributed by atoms with Crippen LogP contribution in [0.15, 0.2) is 24.3 Å². The first-order valence-corrected chi connectivity index (χ1v) is 8.96. The molecular weight excluding hydrogens is 288 g/mol. The standard InChI is InChI=1S/C19H30N2O2/c1-3-21(4-2)15-19(22)20-14-16-9-8-12-18(13-16)23-17-10-6-5-7-11-17/h8-9,12-13,17H,3-7,10-11,14-15H2,1-2H3,(H,20,22). The summed E-state index contributed by atoms with van der Waals surface area (Å²) in [4.78, 5) is 14.1. The quantitative estimate of drug-likeness (QED) is 0.799. The molecule has 1 amide bonds. The number of carbonyl (C=O) groups is 1. The smallest absolute Gasteiger partial charge is 0.234 e. The topological polar surface area (TPSA) is 41.6 Å². The number of carbonyl (C=O) groups excluding carboxylic acids is 1. The zero-order valence-corrected chi connectivity index (χ0v) is 14.5. The molecule has 1 aliphatic rings. The van der Waals surface area contributed by atoms with Crippen molar-refractivity contribution in [1.29, 1.82) is 0 Å². The summed E-state index contributed by atoms with van der Waals surface area (Å²) in [6.07, 6.45) is 6.54. The van der Waals surface area contributed by atoms with Gasteiger partial charge in [-0.25, -0.2) is 0 Å². The van der Waals surface area contributed by atoms with Gasteiger partial charge in [0.15, 0.2) is 0 Å². The summed E-state index contributed by atoms with van der Waals surface area (Å²) in [5.41, 5.74) is 1.09. The van der Waals surface area contributed by atoms with Crippen molar-refractivity contribution in [2.24, 2.45) is 0 Å². The van der Waals surface area contributed by atoms with Crippen LogP contribution in [0.2, 0.25) is 0 Å². The highest BCUT2D eigenvalue weighted by Gasteiger charge is 2.15. The van der Waals surface area contributed by atoms with Crippen LogP contribution in [0.3, 0.4) is 0 Å². The fraction of sp³-hybridized carbons (Fsp3) is 0.632. The van der Waals surface area contributed by atoms with Crippen LogP contribution in [-0.4, -0.2) is 36.5 Å². The second kappa shape index (κ2) is 9.56. The van der Waals surface area contributed by atoms with Gasteiger partial charge in [0.2, 0.25) is 5.91 Å². The number of rotatable bonds is 8. The molecule has 0 atom stereocenters. The Morgan fingerprint density at radius 1 is 1.22 bits per heavy atom. The fourth-order valence-corrected chi connectivity index (χ4v) is 3.01. The molecule has 0 spiro atoms. The second-order valence-corrected chi connectivity index (χ2v) is 6.26. The number of ether oxygens (including phenoxy) is 1. The van der Waals surface area contributed by atoms with Crippen molar-refractivity contribution in [3.8, 4) is 5.75 Å². The van der Waals surface area contributed by atoms with E-state index in [2.05, 4.69) is 24.1 Å². The van der Waals surface area contributed by atoms with Crippen molar-refractivity contribution in [2.75, 3.05) is 19.6 Å². The number of amides is 1. The lowest BCUT2D eigenvalue weighted by Crippen LogP contribution is -2.36. The van der Waals surface area contributed by atoms with E-state index in [1.165, 1.54) is 19.3 Å². The number of hydrogen-bond acceptors (Lipinski definition) is 3. The van der Waals surface area contributed by atoms with E-state index in [1.807, 2.05) is 24.3 Å². The Bertz CT molecular complexity index is 480. The summed E-state index contributed by atoms with van der Waals surface area (Å²) < 4.78 is 6.08. The molecule has 128 valence electrons. The minimum atomic E-state index is 0.0762. The monoisotopic (exact) mass is 318 g/mol. The molecule has 1 aromatic carbocycles. The van der Waals surface area contributed by atoms with Crippen molar-refractivity contribution < 1.29 is 9.53 Å². The number of hydrogen-bond donors (Lipinski definition) is 1. The first-order chi connectivity index (χ1) is 11.2. The lowest BCUT2D eigenvalue weighted by atomic mass is 9.98. The molecule has 0 saturated heterocycles. The maximum Gasteiger partial charge on any atom is 0.234 e. The predicted molar refractivity (Wildman–Crippen MR) is 93.6 cm³/mol. The second-order valence-electron chi connectivity index (χ2n) is 6.26. The molecule has 0 unspecified atom stereocenters. The van der Waals surface area contributed by atoms with Crippen molar-refractivity contribution in [1.82, 2.24) is 10.2 Å². The van der Waals surface area contributed by atoms with Crippen LogP contribution in [0.25, 0.3) is 0 Å². The third-order valence-corrected chi connectivity index (χ3v) is 4.50. The summed E-state index contributed by atoms with van der Waals surface area (Å²) in [7, 11) is 0. The van der Waals surface area contributed by atoms with E-state index in [0.717, 1.165) is 37.2 Å². The molecular formula is C19H30N2O2. The molecule has 1 N–H and O–H groups in total. The van der Waals surface area contributed by atoms with Gasteiger partial charge in [0, 0.05) is 6.54 Å². The number of likely N-dealkylation sites (N-methyl/N-ethyl adjacent to an activating group) is 1. The first kappa shape index (κ1) is 17.8. The van der Waals surface area contributed by atoms with Gasteiger partial charge in [-0.2, -0.15) is 0 Å². The van der Waals surface area contributed by atoms with Crippen LogP contribution in [0.5, 0.6) is 5.75 Å². The molecule has 0 aromatic heterocycles. The van der Waals surface area contributed by atoms with Crippen LogP contribution in [0.1, 0.15) is 51.5 Å². The van der Waals surface area contributed by atoms with Crippen molar-refractivity contribution in [3.63, 3.8) is 0 Å². The molecule has 1 fully saturated rings. The van der Waals surface area contributed by atoms with E-state index in [0.29, 0.717) is 19.2 Å². The SMILES string of the molecule is CCN(CC)CC(=O)NCc1cccc(OC2CCCCC2)c1. The van der Waals surface area contributed by atoms with Crippen LogP contribution >= 0.6 is 0 Å². The summed E-state index contributed by atoms with van der Waals surface area (Å²) in [6.45, 7) is 6.96. The van der Waals surface area contributed by atoms with E-state index in [1.54, 1.807) is 0 Å². The van der Waals surface area contributed by atoms with Gasteiger partial charge in [-0.1, -0.05) is 32.4 Å². The summed E-state index contributed by atoms with van der Waals surface area (Å²) in [5, 5.41) is 2.99. The minimum Gasteiger partial charge on any atom is -0.490 e. The third-order valence-electron chi connectivity index (χ3n) is 4.50. The van der Waals surface area contributed by atoms with Gasteiger partial charge in [0.25, 0.3) is 0 Å². The summed E-state index contributed by atoms with van der Waals surface area (Å²) in [6, 6.07) is 8.09. The zero-order chi connectivity index (χ0) is 16.5. The first-order valence-electron chi connectivity index (χ1n) is 8.96. The maximum atomic E-state index is 12.0. The van der Waals surface area contributed by atoms with Gasteiger partial charge < -0.3 is 10.1 Å². The molecule has 1 aromatic rings. The summed E-state index contributed by atoms with van der Waals surface area (Å²) >= 11 is 0. The average Bonchev–Trinajstić information content (AvgIpc) is 2.59. The Kier molecular flexibility index (Phi) is 7.40. The van der Waals surface area contributed by atoms with E-state index in [-0.39, 0.29) is 5.91 Å². The van der Waals surface area contributed by atoms with Gasteiger partial charge in [-0.05, 0) is 56.5 Å². The lowest BCUT2D eigenvalue weighted by molar-refractivity contribution is -0.122. The van der Waals surface area contributed by atoms with E-state index in [9.17, 15) is 4.79 Å². The van der Waals surface area contributed by atoms with Crippen LogP contribution in [0.4, 0.5) is 0 Å². The van der Waals surface area contributed by atoms with Gasteiger partial charge in [-0.15, -0.1) is 0 Å². The lowest BCUT2D eigenvalue weighted by Gasteiger charge is -2.23. The molecule has 1 aliphatic carbocycles. The molecule has 4 nitrogen and oxygen atoms in total. The largest absolute Gasteiger partial charge is 0.490 e. The highest BCUT2D eigenvalue weighted by Crippen LogP contribution is 2.23. The van der Waals surface area contributed by atoms with Crippen LogP contribution < -0.4 is 10.1 Å². The molecule has 1 saturated carbocycles. The fourth-order valence-electron chi connectivity index (χ4n) is 3.01. The molecule has 23 heavy (non-hydrogen) atoms. The molecule has 0 aliphatic heterocycles. The van der Waals surface area contributed by atoms with Crippen molar-refractivity contribution >= 4 is 5.91 Å². The van der Waals surface area contributed by atoms with Gasteiger partial charge in [0.05, 0.1) is 12.6 Å². The Labute approximate surface area is 140 Å². The van der Waals surface area contributed by atoms with Crippen molar-refractivity contribution in [3.05, 3.63) is 29.8 Å². The van der Waals surface area contributed by atoms with Crippen LogP contribution in [0, 0.1) is 0 Å². The van der Waals surface area contributed by atoms with E-state index in [4.69, 9.17) is 4.74 Å². The number of benzene rings is 1. The van der Waals surface area contributed by atoms with Gasteiger partial charge in [-0.3, -0.25) is 9.69 Å². The van der Waals surface area contributed by atoms with Crippen LogP contribution in [-0.2, 0) is 11.3 Å². The Morgan fingerprint density at radius 3 is 2.65 bits per heavy atom.